The molecule has 2 amide bonds. The Balaban J connectivity index is 1.96. The Bertz CT molecular complexity index is 704. The highest BCUT2D eigenvalue weighted by Gasteiger charge is 2.35. The third-order valence-electron chi connectivity index (χ3n) is 4.05. The minimum atomic E-state index is -3.60. The van der Waals surface area contributed by atoms with Gasteiger partial charge in [-0.05, 0) is 30.9 Å². The fraction of sp³-hybridized carbons (Fsp3) is 0.529. The van der Waals surface area contributed by atoms with Crippen LogP contribution in [0, 0.1) is 5.92 Å². The van der Waals surface area contributed by atoms with Gasteiger partial charge in [0.15, 0.2) is 0 Å². The minimum Gasteiger partial charge on any atom is -0.348 e. The van der Waals surface area contributed by atoms with E-state index < -0.39 is 21.8 Å². The predicted molar refractivity (Wildman–Crippen MR) is 94.2 cm³/mol. The van der Waals surface area contributed by atoms with E-state index in [4.69, 9.17) is 0 Å². The molecule has 1 saturated heterocycles. The molecule has 2 rings (SSSR count). The van der Waals surface area contributed by atoms with Crippen molar-refractivity contribution in [3.05, 3.63) is 30.3 Å². The monoisotopic (exact) mass is 367 g/mol. The van der Waals surface area contributed by atoms with Crippen LogP contribution in [0.5, 0.6) is 0 Å². The highest BCUT2D eigenvalue weighted by molar-refractivity contribution is 7.89. The molecule has 0 radical (unpaired) electrons. The zero-order valence-electron chi connectivity index (χ0n) is 14.6. The molecular weight excluding hydrogens is 342 g/mol. The molecule has 0 bridgehead atoms. The van der Waals surface area contributed by atoms with Gasteiger partial charge in [0.25, 0.3) is 0 Å². The lowest BCUT2D eigenvalue weighted by Crippen LogP contribution is -2.47. The van der Waals surface area contributed by atoms with Crippen molar-refractivity contribution in [3.63, 3.8) is 0 Å². The lowest BCUT2D eigenvalue weighted by molar-refractivity contribution is -0.139. The van der Waals surface area contributed by atoms with E-state index in [1.54, 1.807) is 30.3 Å². The number of rotatable bonds is 6. The number of hydrogen-bond acceptors (Lipinski definition) is 4. The van der Waals surface area contributed by atoms with Crippen molar-refractivity contribution in [1.82, 2.24) is 14.9 Å². The summed E-state index contributed by atoms with van der Waals surface area (Å²) in [6, 6.07) is 7.89. The third-order valence-corrected chi connectivity index (χ3v) is 6.01. The van der Waals surface area contributed by atoms with Gasteiger partial charge in [0.1, 0.15) is 0 Å². The largest absolute Gasteiger partial charge is 0.348 e. The van der Waals surface area contributed by atoms with E-state index in [2.05, 4.69) is 10.6 Å². The van der Waals surface area contributed by atoms with Gasteiger partial charge in [-0.15, -0.1) is 0 Å². The van der Waals surface area contributed by atoms with Gasteiger partial charge >= 0.3 is 11.8 Å². The van der Waals surface area contributed by atoms with Gasteiger partial charge < -0.3 is 10.6 Å². The number of hydrogen-bond donors (Lipinski definition) is 2. The summed E-state index contributed by atoms with van der Waals surface area (Å²) >= 11 is 0. The van der Waals surface area contributed by atoms with Crippen molar-refractivity contribution in [2.45, 2.75) is 37.6 Å². The van der Waals surface area contributed by atoms with E-state index >= 15 is 0 Å². The Labute approximate surface area is 148 Å². The number of benzene rings is 1. The van der Waals surface area contributed by atoms with Crippen LogP contribution in [0.15, 0.2) is 35.2 Å². The van der Waals surface area contributed by atoms with Crippen LogP contribution in [0.4, 0.5) is 0 Å². The summed E-state index contributed by atoms with van der Waals surface area (Å²) in [5, 5.41) is 5.09. The molecule has 0 saturated carbocycles. The molecule has 1 unspecified atom stereocenters. The van der Waals surface area contributed by atoms with Gasteiger partial charge in [0.2, 0.25) is 10.0 Å². The van der Waals surface area contributed by atoms with Crippen molar-refractivity contribution in [2.24, 2.45) is 5.92 Å². The van der Waals surface area contributed by atoms with Gasteiger partial charge in [-0.3, -0.25) is 9.59 Å². The van der Waals surface area contributed by atoms with E-state index in [-0.39, 0.29) is 23.4 Å². The first-order valence-electron chi connectivity index (χ1n) is 8.45. The second kappa shape index (κ2) is 8.44. The van der Waals surface area contributed by atoms with Crippen LogP contribution in [-0.2, 0) is 19.6 Å². The molecule has 1 aromatic rings. The molecule has 1 atom stereocenters. The topological polar surface area (TPSA) is 95.6 Å². The van der Waals surface area contributed by atoms with Crippen LogP contribution in [-0.4, -0.2) is 50.2 Å². The zero-order chi connectivity index (χ0) is 18.4. The highest BCUT2D eigenvalue weighted by Crippen LogP contribution is 2.25. The Morgan fingerprint density at radius 3 is 2.44 bits per heavy atom. The van der Waals surface area contributed by atoms with Crippen molar-refractivity contribution in [2.75, 3.05) is 19.6 Å². The third kappa shape index (κ3) is 5.02. The summed E-state index contributed by atoms with van der Waals surface area (Å²) in [7, 11) is -3.60. The number of amides is 2. The van der Waals surface area contributed by atoms with E-state index in [9.17, 15) is 18.0 Å². The predicted octanol–water partition coefficient (Wildman–Crippen LogP) is 0.728. The number of carbonyl (C=O) groups excluding carboxylic acids is 2. The SMILES string of the molecule is CC(C)CNC(=O)C(=O)NCC1CCCN1S(=O)(=O)c1ccccc1. The maximum atomic E-state index is 12.7. The van der Waals surface area contributed by atoms with E-state index in [0.29, 0.717) is 19.5 Å². The minimum absolute atomic E-state index is 0.125. The molecule has 1 heterocycles. The van der Waals surface area contributed by atoms with Crippen LogP contribution < -0.4 is 10.6 Å². The molecule has 2 N–H and O–H groups in total. The average molecular weight is 367 g/mol. The Morgan fingerprint density at radius 2 is 1.80 bits per heavy atom. The molecule has 1 aliphatic heterocycles. The van der Waals surface area contributed by atoms with Crippen LogP contribution in [0.25, 0.3) is 0 Å². The van der Waals surface area contributed by atoms with E-state index in [0.717, 1.165) is 6.42 Å². The fourth-order valence-corrected chi connectivity index (χ4v) is 4.44. The molecule has 0 aromatic heterocycles. The van der Waals surface area contributed by atoms with E-state index in [1.165, 1.54) is 4.31 Å². The Morgan fingerprint density at radius 1 is 1.16 bits per heavy atom. The standard InChI is InChI=1S/C17H25N3O4S/c1-13(2)11-18-16(21)17(22)19-12-14-7-6-10-20(14)25(23,24)15-8-4-3-5-9-15/h3-5,8-9,13-14H,6-7,10-12H2,1-2H3,(H,18,21)(H,19,22). The lowest BCUT2D eigenvalue weighted by atomic mass is 10.2. The van der Waals surface area contributed by atoms with Crippen molar-refractivity contribution < 1.29 is 18.0 Å². The Kier molecular flexibility index (Phi) is 6.55. The maximum absolute atomic E-state index is 12.7. The number of nitrogens with one attached hydrogen (secondary N) is 2. The van der Waals surface area contributed by atoms with Crippen LogP contribution in [0.1, 0.15) is 26.7 Å². The molecule has 7 nitrogen and oxygen atoms in total. The number of carbonyl (C=O) groups is 2. The number of nitrogens with zero attached hydrogens (tertiary/aromatic N) is 1. The van der Waals surface area contributed by atoms with Gasteiger partial charge in [0, 0.05) is 25.7 Å². The van der Waals surface area contributed by atoms with Gasteiger partial charge in [-0.25, -0.2) is 8.42 Å². The van der Waals surface area contributed by atoms with Gasteiger partial charge in [0.05, 0.1) is 4.90 Å². The quantitative estimate of drug-likeness (QED) is 0.725. The second-order valence-corrected chi connectivity index (χ2v) is 8.43. The molecule has 0 aliphatic carbocycles. The molecule has 1 aliphatic rings. The molecule has 25 heavy (non-hydrogen) atoms. The fourth-order valence-electron chi connectivity index (χ4n) is 2.73. The first kappa shape index (κ1) is 19.4. The summed E-state index contributed by atoms with van der Waals surface area (Å²) in [6.45, 7) is 4.83. The average Bonchev–Trinajstić information content (AvgIpc) is 3.07. The normalized spacial score (nSPS) is 18.3. The van der Waals surface area contributed by atoms with Crippen LogP contribution in [0.3, 0.4) is 0 Å². The zero-order valence-corrected chi connectivity index (χ0v) is 15.4. The van der Waals surface area contributed by atoms with Gasteiger partial charge in [-0.2, -0.15) is 4.31 Å². The maximum Gasteiger partial charge on any atom is 0.309 e. The highest BCUT2D eigenvalue weighted by atomic mass is 32.2. The molecule has 8 heteroatoms. The van der Waals surface area contributed by atoms with Crippen LogP contribution >= 0.6 is 0 Å². The van der Waals surface area contributed by atoms with Crippen molar-refractivity contribution >= 4 is 21.8 Å². The first-order valence-corrected chi connectivity index (χ1v) is 9.89. The van der Waals surface area contributed by atoms with Gasteiger partial charge in [-0.1, -0.05) is 32.0 Å². The first-order chi connectivity index (χ1) is 11.8. The summed E-state index contributed by atoms with van der Waals surface area (Å²) in [6.07, 6.45) is 1.38. The van der Waals surface area contributed by atoms with Crippen molar-refractivity contribution in [3.8, 4) is 0 Å². The molecular formula is C17H25N3O4S. The molecule has 138 valence electrons. The summed E-state index contributed by atoms with van der Waals surface area (Å²) in [5.74, 6) is -1.17. The van der Waals surface area contributed by atoms with Crippen molar-refractivity contribution in [1.29, 1.82) is 0 Å². The Hall–Kier alpha value is -1.93. The second-order valence-electron chi connectivity index (χ2n) is 6.54. The lowest BCUT2D eigenvalue weighted by Gasteiger charge is -2.24. The smallest absolute Gasteiger partial charge is 0.309 e. The molecule has 1 aromatic carbocycles. The molecule has 0 spiro atoms. The summed E-state index contributed by atoms with van der Waals surface area (Å²) < 4.78 is 26.9. The van der Waals surface area contributed by atoms with Crippen LogP contribution in [0.2, 0.25) is 0 Å². The summed E-state index contributed by atoms with van der Waals surface area (Å²) in [4.78, 5) is 23.8. The number of sulfonamides is 1. The molecule has 1 fully saturated rings. The summed E-state index contributed by atoms with van der Waals surface area (Å²) in [5.41, 5.74) is 0. The van der Waals surface area contributed by atoms with E-state index in [1.807, 2.05) is 13.8 Å².